The van der Waals surface area contributed by atoms with Gasteiger partial charge in [-0.25, -0.2) is 9.59 Å². The van der Waals surface area contributed by atoms with E-state index in [2.05, 4.69) is 27.8 Å². The fourth-order valence-electron chi connectivity index (χ4n) is 3.70. The summed E-state index contributed by atoms with van der Waals surface area (Å²) in [6.45, 7) is 0.138. The summed E-state index contributed by atoms with van der Waals surface area (Å²) in [5, 5.41) is 19.7. The zero-order chi connectivity index (χ0) is 21.8. The number of rotatable bonds is 8. The van der Waals surface area contributed by atoms with Crippen molar-refractivity contribution in [2.24, 2.45) is 7.05 Å². The lowest BCUT2D eigenvalue weighted by atomic mass is 9.98. The highest BCUT2D eigenvalue weighted by Crippen LogP contribution is 2.44. The number of aliphatic carboxylic acids is 1. The molecule has 0 aliphatic heterocycles. The van der Waals surface area contributed by atoms with Crippen LogP contribution in [-0.2, 0) is 22.3 Å². The first-order valence-electron chi connectivity index (χ1n) is 9.80. The van der Waals surface area contributed by atoms with E-state index in [1.807, 2.05) is 36.4 Å². The Morgan fingerprint density at radius 2 is 1.81 bits per heavy atom. The van der Waals surface area contributed by atoms with Crippen molar-refractivity contribution in [3.8, 4) is 11.1 Å². The number of hydrogen-bond donors (Lipinski definition) is 2. The minimum atomic E-state index is -1.11. The monoisotopic (exact) mass is 438 g/mol. The molecule has 8 nitrogen and oxygen atoms in total. The number of benzene rings is 2. The molecule has 0 saturated carbocycles. The van der Waals surface area contributed by atoms with Gasteiger partial charge in [0.1, 0.15) is 12.6 Å². The number of carbonyl (C=O) groups is 2. The van der Waals surface area contributed by atoms with Crippen LogP contribution >= 0.6 is 11.8 Å². The zero-order valence-electron chi connectivity index (χ0n) is 16.9. The SMILES string of the molecule is Cn1cc(CSCC(NC(=O)OCC2c3ccccc3-c3ccccc32)C(=O)O)nn1. The third-order valence-corrected chi connectivity index (χ3v) is 6.19. The fraction of sp³-hybridized carbons (Fsp3) is 0.273. The molecular formula is C22H22N4O4S. The number of aromatic nitrogens is 3. The van der Waals surface area contributed by atoms with E-state index in [-0.39, 0.29) is 18.3 Å². The average Bonchev–Trinajstić information content (AvgIpc) is 3.32. The van der Waals surface area contributed by atoms with Crippen LogP contribution in [0.4, 0.5) is 4.79 Å². The van der Waals surface area contributed by atoms with Crippen molar-refractivity contribution in [1.29, 1.82) is 0 Å². The number of carboxylic acids is 1. The van der Waals surface area contributed by atoms with Gasteiger partial charge in [-0.3, -0.25) is 4.68 Å². The summed E-state index contributed by atoms with van der Waals surface area (Å²) in [7, 11) is 1.76. The topological polar surface area (TPSA) is 106 Å². The third kappa shape index (κ3) is 4.72. The number of aryl methyl sites for hydroxylation is 1. The van der Waals surface area contributed by atoms with E-state index in [1.165, 1.54) is 11.8 Å². The molecule has 0 saturated heterocycles. The Kier molecular flexibility index (Phi) is 6.22. The van der Waals surface area contributed by atoms with E-state index in [4.69, 9.17) is 4.74 Å². The molecule has 2 aromatic carbocycles. The summed E-state index contributed by atoms with van der Waals surface area (Å²) in [4.78, 5) is 23.9. The summed E-state index contributed by atoms with van der Waals surface area (Å²) in [6, 6.07) is 15.0. The van der Waals surface area contributed by atoms with E-state index in [1.54, 1.807) is 17.9 Å². The number of nitrogens with zero attached hydrogens (tertiary/aromatic N) is 3. The minimum Gasteiger partial charge on any atom is -0.480 e. The van der Waals surface area contributed by atoms with Crippen molar-refractivity contribution in [3.05, 3.63) is 71.5 Å². The van der Waals surface area contributed by atoms with Crippen LogP contribution in [0.1, 0.15) is 22.7 Å². The lowest BCUT2D eigenvalue weighted by Gasteiger charge is -2.17. The van der Waals surface area contributed by atoms with Crippen LogP contribution in [0.2, 0.25) is 0 Å². The lowest BCUT2D eigenvalue weighted by molar-refractivity contribution is -0.138. The van der Waals surface area contributed by atoms with Gasteiger partial charge in [0.25, 0.3) is 0 Å². The van der Waals surface area contributed by atoms with Crippen molar-refractivity contribution >= 4 is 23.8 Å². The summed E-state index contributed by atoms with van der Waals surface area (Å²) >= 11 is 1.36. The van der Waals surface area contributed by atoms with Crippen molar-refractivity contribution < 1.29 is 19.4 Å². The number of carboxylic acid groups (broad SMARTS) is 1. The van der Waals surface area contributed by atoms with Gasteiger partial charge in [0, 0.05) is 30.7 Å². The second-order valence-corrected chi connectivity index (χ2v) is 8.29. The molecule has 0 bridgehead atoms. The molecule has 0 radical (unpaired) electrons. The molecule has 9 heteroatoms. The van der Waals surface area contributed by atoms with E-state index in [9.17, 15) is 14.7 Å². The van der Waals surface area contributed by atoms with Crippen LogP contribution in [0, 0.1) is 0 Å². The minimum absolute atomic E-state index is 0.0764. The maximum Gasteiger partial charge on any atom is 0.407 e. The van der Waals surface area contributed by atoms with E-state index in [0.29, 0.717) is 5.75 Å². The summed E-state index contributed by atoms with van der Waals surface area (Å²) in [6.07, 6.45) is 1.02. The van der Waals surface area contributed by atoms with Gasteiger partial charge in [-0.15, -0.1) is 5.10 Å². The van der Waals surface area contributed by atoms with Gasteiger partial charge in [-0.1, -0.05) is 53.7 Å². The molecule has 1 aromatic heterocycles. The van der Waals surface area contributed by atoms with E-state index < -0.39 is 18.1 Å². The molecule has 1 atom stereocenters. The van der Waals surface area contributed by atoms with Gasteiger partial charge in [0.05, 0.1) is 5.69 Å². The molecule has 4 rings (SSSR count). The Balaban J connectivity index is 1.34. The summed E-state index contributed by atoms with van der Waals surface area (Å²) in [5.41, 5.74) is 5.22. The number of carbonyl (C=O) groups excluding carboxylic acids is 1. The predicted molar refractivity (Wildman–Crippen MR) is 117 cm³/mol. The van der Waals surface area contributed by atoms with Gasteiger partial charge in [0.2, 0.25) is 0 Å². The number of thioether (sulfide) groups is 1. The Morgan fingerprint density at radius 1 is 1.16 bits per heavy atom. The van der Waals surface area contributed by atoms with Crippen molar-refractivity contribution in [2.75, 3.05) is 12.4 Å². The first kappa shape index (κ1) is 20.9. The van der Waals surface area contributed by atoms with Gasteiger partial charge in [0.15, 0.2) is 0 Å². The molecule has 1 aliphatic carbocycles. The number of alkyl carbamates (subject to hydrolysis) is 1. The molecule has 3 aromatic rings. The lowest BCUT2D eigenvalue weighted by Crippen LogP contribution is -2.43. The average molecular weight is 439 g/mol. The van der Waals surface area contributed by atoms with E-state index >= 15 is 0 Å². The Bertz CT molecular complexity index is 1050. The van der Waals surface area contributed by atoms with Crippen LogP contribution in [0.15, 0.2) is 54.7 Å². The van der Waals surface area contributed by atoms with Gasteiger partial charge in [-0.2, -0.15) is 11.8 Å². The number of amides is 1. The standard InChI is InChI=1S/C22H22N4O4S/c1-26-10-14(24-25-26)12-31-13-20(21(27)28)23-22(29)30-11-19-17-8-4-2-6-15(17)16-7-3-5-9-18(16)19/h2-10,19-20H,11-13H2,1H3,(H,23,29)(H,27,28). The van der Waals surface area contributed by atoms with Crippen LogP contribution in [0.3, 0.4) is 0 Å². The second kappa shape index (κ2) is 9.22. The van der Waals surface area contributed by atoms with Gasteiger partial charge >= 0.3 is 12.1 Å². The summed E-state index contributed by atoms with van der Waals surface area (Å²) < 4.78 is 7.02. The molecule has 1 aliphatic rings. The molecule has 31 heavy (non-hydrogen) atoms. The van der Waals surface area contributed by atoms with Gasteiger partial charge in [-0.05, 0) is 22.3 Å². The Labute approximate surface area is 183 Å². The molecule has 1 unspecified atom stereocenters. The van der Waals surface area contributed by atoms with Crippen LogP contribution < -0.4 is 5.32 Å². The normalized spacial score (nSPS) is 13.3. The number of nitrogens with one attached hydrogen (secondary N) is 1. The van der Waals surface area contributed by atoms with Crippen LogP contribution in [0.25, 0.3) is 11.1 Å². The molecule has 0 fully saturated rings. The number of fused-ring (bicyclic) bond motifs is 3. The highest BCUT2D eigenvalue weighted by atomic mass is 32.2. The fourth-order valence-corrected chi connectivity index (χ4v) is 4.62. The van der Waals surface area contributed by atoms with Crippen LogP contribution in [0.5, 0.6) is 0 Å². The maximum absolute atomic E-state index is 12.3. The highest BCUT2D eigenvalue weighted by molar-refractivity contribution is 7.98. The molecule has 2 N–H and O–H groups in total. The predicted octanol–water partition coefficient (Wildman–Crippen LogP) is 3.04. The zero-order valence-corrected chi connectivity index (χ0v) is 17.7. The molecule has 1 amide bonds. The molecule has 160 valence electrons. The highest BCUT2D eigenvalue weighted by Gasteiger charge is 2.29. The molecular weight excluding hydrogens is 416 g/mol. The molecule has 1 heterocycles. The molecule has 0 spiro atoms. The summed E-state index contributed by atoms with van der Waals surface area (Å²) in [5.74, 6) is -0.493. The number of hydrogen-bond acceptors (Lipinski definition) is 6. The smallest absolute Gasteiger partial charge is 0.407 e. The first-order chi connectivity index (χ1) is 15.0. The first-order valence-corrected chi connectivity index (χ1v) is 11.0. The maximum atomic E-state index is 12.3. The van der Waals surface area contributed by atoms with Crippen molar-refractivity contribution in [2.45, 2.75) is 17.7 Å². The van der Waals surface area contributed by atoms with Crippen molar-refractivity contribution in [3.63, 3.8) is 0 Å². The van der Waals surface area contributed by atoms with Gasteiger partial charge < -0.3 is 15.2 Å². The second-order valence-electron chi connectivity index (χ2n) is 7.26. The number of ether oxygens (including phenoxy) is 1. The Morgan fingerprint density at radius 3 is 2.39 bits per heavy atom. The quantitative estimate of drug-likeness (QED) is 0.557. The Hall–Kier alpha value is -3.33. The van der Waals surface area contributed by atoms with Crippen molar-refractivity contribution in [1.82, 2.24) is 20.3 Å². The third-order valence-electron chi connectivity index (χ3n) is 5.12. The van der Waals surface area contributed by atoms with E-state index in [0.717, 1.165) is 27.9 Å². The largest absolute Gasteiger partial charge is 0.480 e. The van der Waals surface area contributed by atoms with Crippen LogP contribution in [-0.4, -0.2) is 50.6 Å².